The number of nitrogens with zero attached hydrogens (tertiary/aromatic N) is 2. The Morgan fingerprint density at radius 1 is 0.857 bits per heavy atom. The minimum atomic E-state index is 0.913. The van der Waals surface area contributed by atoms with E-state index in [0.29, 0.717) is 0 Å². The van der Waals surface area contributed by atoms with Gasteiger partial charge in [0, 0.05) is 31.6 Å². The number of hydrogen-bond donors (Lipinski definition) is 1. The van der Waals surface area contributed by atoms with Gasteiger partial charge in [-0.2, -0.15) is 0 Å². The molecule has 28 heavy (non-hydrogen) atoms. The molecule has 0 aliphatic carbocycles. The third-order valence-electron chi connectivity index (χ3n) is 4.86. The summed E-state index contributed by atoms with van der Waals surface area (Å²) < 4.78 is 0. The molecule has 1 aromatic heterocycles. The van der Waals surface area contributed by atoms with Gasteiger partial charge in [-0.15, -0.1) is 11.3 Å². The van der Waals surface area contributed by atoms with Gasteiger partial charge < -0.3 is 5.32 Å². The molecule has 0 saturated carbocycles. The number of rotatable bonds is 10. The highest BCUT2D eigenvalue weighted by atomic mass is 32.1. The fourth-order valence-electron chi connectivity index (χ4n) is 3.24. The van der Waals surface area contributed by atoms with E-state index in [-0.39, 0.29) is 0 Å². The Kier molecular flexibility index (Phi) is 7.78. The molecule has 2 aromatic carbocycles. The highest BCUT2D eigenvalue weighted by Crippen LogP contribution is 2.14. The maximum absolute atomic E-state index is 4.66. The Balaban J connectivity index is 1.49. The van der Waals surface area contributed by atoms with Crippen molar-refractivity contribution in [2.45, 2.75) is 46.8 Å². The van der Waals surface area contributed by atoms with Crippen LogP contribution in [0.2, 0.25) is 0 Å². The highest BCUT2D eigenvalue weighted by Gasteiger charge is 2.09. The molecule has 1 N–H and O–H groups in total. The van der Waals surface area contributed by atoms with Crippen LogP contribution in [-0.4, -0.2) is 23.0 Å². The van der Waals surface area contributed by atoms with E-state index in [4.69, 9.17) is 0 Å². The number of thiazole rings is 1. The molecule has 1 heterocycles. The Bertz CT molecular complexity index is 837. The lowest BCUT2D eigenvalue weighted by Crippen LogP contribution is -2.27. The molecule has 0 spiro atoms. The van der Waals surface area contributed by atoms with Gasteiger partial charge in [-0.1, -0.05) is 59.7 Å². The van der Waals surface area contributed by atoms with Crippen molar-refractivity contribution in [2.24, 2.45) is 0 Å². The number of hydrogen-bond acceptors (Lipinski definition) is 4. The molecule has 0 saturated heterocycles. The van der Waals surface area contributed by atoms with Crippen LogP contribution in [0.15, 0.2) is 53.9 Å². The van der Waals surface area contributed by atoms with Gasteiger partial charge in [0.1, 0.15) is 0 Å². The third-order valence-corrected chi connectivity index (χ3v) is 5.68. The monoisotopic (exact) mass is 393 g/mol. The number of aryl methyl sites for hydroxylation is 3. The van der Waals surface area contributed by atoms with Crippen molar-refractivity contribution in [2.75, 3.05) is 13.1 Å². The SMILES string of the molecule is Cc1ccc(CNCCCN(Cc2ccc(C)cc2)Cc2csc(C)n2)cc1. The van der Waals surface area contributed by atoms with Gasteiger partial charge in [-0.05, 0) is 44.9 Å². The lowest BCUT2D eigenvalue weighted by molar-refractivity contribution is 0.249. The highest BCUT2D eigenvalue weighted by molar-refractivity contribution is 7.09. The smallest absolute Gasteiger partial charge is 0.0897 e. The van der Waals surface area contributed by atoms with E-state index >= 15 is 0 Å². The molecule has 148 valence electrons. The van der Waals surface area contributed by atoms with Crippen LogP contribution in [0.3, 0.4) is 0 Å². The predicted octanol–water partition coefficient (Wildman–Crippen LogP) is 5.25. The summed E-state index contributed by atoms with van der Waals surface area (Å²) in [6.07, 6.45) is 1.13. The summed E-state index contributed by atoms with van der Waals surface area (Å²) in [5, 5.41) is 6.91. The molecule has 3 aromatic rings. The van der Waals surface area contributed by atoms with E-state index in [9.17, 15) is 0 Å². The van der Waals surface area contributed by atoms with Crippen LogP contribution in [0.4, 0.5) is 0 Å². The summed E-state index contributed by atoms with van der Waals surface area (Å²) in [4.78, 5) is 7.17. The van der Waals surface area contributed by atoms with Gasteiger partial charge in [0.05, 0.1) is 10.7 Å². The summed E-state index contributed by atoms with van der Waals surface area (Å²) in [7, 11) is 0. The number of aromatic nitrogens is 1. The largest absolute Gasteiger partial charge is 0.313 e. The molecular weight excluding hydrogens is 362 g/mol. The molecular formula is C24H31N3S. The van der Waals surface area contributed by atoms with Crippen molar-refractivity contribution in [1.29, 1.82) is 0 Å². The van der Waals surface area contributed by atoms with Gasteiger partial charge in [-0.3, -0.25) is 4.90 Å². The lowest BCUT2D eigenvalue weighted by atomic mass is 10.1. The van der Waals surface area contributed by atoms with Crippen LogP contribution in [0.5, 0.6) is 0 Å². The second kappa shape index (κ2) is 10.5. The molecule has 4 heteroatoms. The third kappa shape index (κ3) is 6.86. The summed E-state index contributed by atoms with van der Waals surface area (Å²) >= 11 is 1.74. The Labute approximate surface area is 173 Å². The average molecular weight is 394 g/mol. The standard InChI is InChI=1S/C24H31N3S/c1-19-5-9-22(10-6-19)15-25-13-4-14-27(17-24-18-28-21(3)26-24)16-23-11-7-20(2)8-12-23/h5-12,18,25H,4,13-17H2,1-3H3. The van der Waals surface area contributed by atoms with Gasteiger partial charge in [-0.25, -0.2) is 4.98 Å². The number of nitrogens with one attached hydrogen (secondary N) is 1. The summed E-state index contributed by atoms with van der Waals surface area (Å²) in [6.45, 7) is 11.2. The first-order valence-corrected chi connectivity index (χ1v) is 10.9. The van der Waals surface area contributed by atoms with E-state index in [1.54, 1.807) is 11.3 Å². The van der Waals surface area contributed by atoms with E-state index in [2.05, 4.69) is 89.9 Å². The predicted molar refractivity (Wildman–Crippen MR) is 120 cm³/mol. The topological polar surface area (TPSA) is 28.2 Å². The van der Waals surface area contributed by atoms with E-state index in [0.717, 1.165) is 44.2 Å². The lowest BCUT2D eigenvalue weighted by Gasteiger charge is -2.22. The fraction of sp³-hybridized carbons (Fsp3) is 0.375. The molecule has 0 atom stereocenters. The molecule has 3 nitrogen and oxygen atoms in total. The summed E-state index contributed by atoms with van der Waals surface area (Å²) in [6, 6.07) is 17.6. The Morgan fingerprint density at radius 3 is 2.11 bits per heavy atom. The zero-order valence-corrected chi connectivity index (χ0v) is 18.1. The molecule has 0 unspecified atom stereocenters. The quantitative estimate of drug-likeness (QED) is 0.477. The van der Waals surface area contributed by atoms with Crippen LogP contribution in [0, 0.1) is 20.8 Å². The van der Waals surface area contributed by atoms with Crippen LogP contribution in [0.25, 0.3) is 0 Å². The van der Waals surface area contributed by atoms with Crippen molar-refractivity contribution in [3.63, 3.8) is 0 Å². The van der Waals surface area contributed by atoms with Crippen molar-refractivity contribution in [3.05, 3.63) is 86.9 Å². The second-order valence-corrected chi connectivity index (χ2v) is 8.63. The summed E-state index contributed by atoms with van der Waals surface area (Å²) in [5.74, 6) is 0. The molecule has 0 fully saturated rings. The summed E-state index contributed by atoms with van der Waals surface area (Å²) in [5.41, 5.74) is 6.52. The molecule has 0 bridgehead atoms. The van der Waals surface area contributed by atoms with Gasteiger partial charge in [0.2, 0.25) is 0 Å². The first-order chi connectivity index (χ1) is 13.6. The van der Waals surface area contributed by atoms with Crippen LogP contribution >= 0.6 is 11.3 Å². The average Bonchev–Trinajstić information content (AvgIpc) is 3.09. The normalized spacial score (nSPS) is 11.3. The van der Waals surface area contributed by atoms with Crippen molar-refractivity contribution in [1.82, 2.24) is 15.2 Å². The van der Waals surface area contributed by atoms with Crippen molar-refractivity contribution in [3.8, 4) is 0 Å². The van der Waals surface area contributed by atoms with Crippen molar-refractivity contribution < 1.29 is 0 Å². The minimum Gasteiger partial charge on any atom is -0.313 e. The first kappa shape index (κ1) is 20.7. The molecule has 0 amide bonds. The second-order valence-electron chi connectivity index (χ2n) is 7.57. The zero-order valence-electron chi connectivity index (χ0n) is 17.2. The zero-order chi connectivity index (χ0) is 19.8. The van der Waals surface area contributed by atoms with Gasteiger partial charge in [0.25, 0.3) is 0 Å². The van der Waals surface area contributed by atoms with Crippen LogP contribution in [0.1, 0.15) is 39.4 Å². The molecule has 0 aliphatic rings. The van der Waals surface area contributed by atoms with E-state index in [1.807, 2.05) is 0 Å². The molecule has 0 radical (unpaired) electrons. The molecule has 0 aliphatic heterocycles. The van der Waals surface area contributed by atoms with Gasteiger partial charge in [0.15, 0.2) is 0 Å². The maximum atomic E-state index is 4.66. The van der Waals surface area contributed by atoms with Crippen molar-refractivity contribution >= 4 is 11.3 Å². The van der Waals surface area contributed by atoms with Crippen LogP contribution in [-0.2, 0) is 19.6 Å². The Hall–Kier alpha value is -2.01. The van der Waals surface area contributed by atoms with E-state index in [1.165, 1.54) is 27.9 Å². The van der Waals surface area contributed by atoms with Gasteiger partial charge >= 0.3 is 0 Å². The fourth-order valence-corrected chi connectivity index (χ4v) is 3.85. The van der Waals surface area contributed by atoms with E-state index < -0.39 is 0 Å². The Morgan fingerprint density at radius 2 is 1.50 bits per heavy atom. The number of benzene rings is 2. The van der Waals surface area contributed by atoms with Crippen LogP contribution < -0.4 is 5.32 Å². The molecule has 3 rings (SSSR count). The maximum Gasteiger partial charge on any atom is 0.0897 e. The minimum absolute atomic E-state index is 0.913. The first-order valence-electron chi connectivity index (χ1n) is 10.0.